The van der Waals surface area contributed by atoms with Crippen molar-refractivity contribution in [2.75, 3.05) is 0 Å². The van der Waals surface area contributed by atoms with Gasteiger partial charge in [0, 0.05) is 23.4 Å². The van der Waals surface area contributed by atoms with Crippen LogP contribution in [0.4, 0.5) is 0 Å². The molecule has 5 aromatic rings. The zero-order chi connectivity index (χ0) is 18.5. The molecular formula is C24H21N3. The van der Waals surface area contributed by atoms with Gasteiger partial charge in [-0.25, -0.2) is 9.97 Å². The second-order valence-corrected chi connectivity index (χ2v) is 7.44. The van der Waals surface area contributed by atoms with Crippen molar-refractivity contribution in [1.29, 1.82) is 0 Å². The molecule has 0 saturated carbocycles. The van der Waals surface area contributed by atoms with Crippen molar-refractivity contribution >= 4 is 32.7 Å². The lowest BCUT2D eigenvalue weighted by Crippen LogP contribution is -1.94. The van der Waals surface area contributed by atoms with E-state index in [9.17, 15) is 0 Å². The van der Waals surface area contributed by atoms with Crippen LogP contribution in [0.5, 0.6) is 0 Å². The second-order valence-electron chi connectivity index (χ2n) is 7.44. The number of aromatic nitrogens is 3. The molecular weight excluding hydrogens is 330 g/mol. The molecule has 0 saturated heterocycles. The fourth-order valence-electron chi connectivity index (χ4n) is 4.05. The largest absolute Gasteiger partial charge is 0.340 e. The second kappa shape index (κ2) is 5.92. The Bertz CT molecular complexity index is 1290. The Morgan fingerprint density at radius 2 is 1.56 bits per heavy atom. The summed E-state index contributed by atoms with van der Waals surface area (Å²) < 4.78 is 2.25. The van der Waals surface area contributed by atoms with Crippen molar-refractivity contribution in [2.24, 2.45) is 7.05 Å². The van der Waals surface area contributed by atoms with Gasteiger partial charge >= 0.3 is 0 Å². The SMILES string of the molecule is CC(C)c1ccc(-c2ncnc3c4ccc5ccccc5c4n(C)c23)cc1. The molecule has 0 N–H and O–H groups in total. The third-order valence-electron chi connectivity index (χ3n) is 5.50. The summed E-state index contributed by atoms with van der Waals surface area (Å²) in [4.78, 5) is 9.29. The number of hydrogen-bond donors (Lipinski definition) is 0. The number of hydrogen-bond acceptors (Lipinski definition) is 2. The van der Waals surface area contributed by atoms with Crippen molar-refractivity contribution in [3.63, 3.8) is 0 Å². The first-order valence-electron chi connectivity index (χ1n) is 9.36. The summed E-state index contributed by atoms with van der Waals surface area (Å²) >= 11 is 0. The molecule has 0 bridgehead atoms. The molecule has 0 aliphatic rings. The van der Waals surface area contributed by atoms with E-state index >= 15 is 0 Å². The van der Waals surface area contributed by atoms with Gasteiger partial charge in [0.15, 0.2) is 0 Å². The Hall–Kier alpha value is -3.20. The van der Waals surface area contributed by atoms with Gasteiger partial charge < -0.3 is 4.57 Å². The molecule has 0 aliphatic carbocycles. The van der Waals surface area contributed by atoms with E-state index in [0.29, 0.717) is 5.92 Å². The van der Waals surface area contributed by atoms with Gasteiger partial charge in [0.25, 0.3) is 0 Å². The van der Waals surface area contributed by atoms with Crippen LogP contribution in [-0.4, -0.2) is 14.5 Å². The van der Waals surface area contributed by atoms with Crippen LogP contribution in [0, 0.1) is 0 Å². The summed E-state index contributed by atoms with van der Waals surface area (Å²) in [7, 11) is 2.12. The molecule has 5 rings (SSSR count). The highest BCUT2D eigenvalue weighted by Crippen LogP contribution is 2.36. The van der Waals surface area contributed by atoms with Crippen LogP contribution in [0.1, 0.15) is 25.3 Å². The molecule has 2 heterocycles. The zero-order valence-electron chi connectivity index (χ0n) is 15.8. The number of nitrogens with zero attached hydrogens (tertiary/aromatic N) is 3. The highest BCUT2D eigenvalue weighted by atomic mass is 15.0. The third-order valence-corrected chi connectivity index (χ3v) is 5.50. The maximum Gasteiger partial charge on any atom is 0.116 e. The summed E-state index contributed by atoms with van der Waals surface area (Å²) in [6.45, 7) is 4.43. The van der Waals surface area contributed by atoms with Crippen molar-refractivity contribution in [2.45, 2.75) is 19.8 Å². The first kappa shape index (κ1) is 16.0. The summed E-state index contributed by atoms with van der Waals surface area (Å²) in [5.41, 5.74) is 6.76. The molecule has 0 radical (unpaired) electrons. The van der Waals surface area contributed by atoms with E-state index in [1.807, 2.05) is 0 Å². The third kappa shape index (κ3) is 2.35. The summed E-state index contributed by atoms with van der Waals surface area (Å²) in [6.07, 6.45) is 1.68. The van der Waals surface area contributed by atoms with Crippen LogP contribution in [0.2, 0.25) is 0 Å². The topological polar surface area (TPSA) is 30.7 Å². The maximum absolute atomic E-state index is 4.66. The van der Waals surface area contributed by atoms with Crippen LogP contribution >= 0.6 is 0 Å². The van der Waals surface area contributed by atoms with Crippen LogP contribution in [0.3, 0.4) is 0 Å². The molecule has 2 aromatic heterocycles. The predicted octanol–water partition coefficient (Wildman–Crippen LogP) is 6.07. The molecule has 27 heavy (non-hydrogen) atoms. The zero-order valence-corrected chi connectivity index (χ0v) is 15.8. The number of rotatable bonds is 2. The lowest BCUT2D eigenvalue weighted by atomic mass is 10.0. The van der Waals surface area contributed by atoms with Gasteiger partial charge in [-0.1, -0.05) is 68.4 Å². The highest BCUT2D eigenvalue weighted by Gasteiger charge is 2.17. The molecule has 0 fully saturated rings. The van der Waals surface area contributed by atoms with E-state index < -0.39 is 0 Å². The smallest absolute Gasteiger partial charge is 0.116 e. The lowest BCUT2D eigenvalue weighted by molar-refractivity contribution is 0.867. The van der Waals surface area contributed by atoms with E-state index in [4.69, 9.17) is 0 Å². The van der Waals surface area contributed by atoms with Gasteiger partial charge in [-0.3, -0.25) is 0 Å². The molecule has 0 amide bonds. The van der Waals surface area contributed by atoms with Gasteiger partial charge in [-0.15, -0.1) is 0 Å². The normalized spacial score (nSPS) is 11.9. The van der Waals surface area contributed by atoms with Crippen molar-refractivity contribution in [3.8, 4) is 11.3 Å². The maximum atomic E-state index is 4.66. The summed E-state index contributed by atoms with van der Waals surface area (Å²) in [5.74, 6) is 0.522. The molecule has 0 atom stereocenters. The first-order chi connectivity index (χ1) is 13.1. The Morgan fingerprint density at radius 1 is 0.778 bits per heavy atom. The van der Waals surface area contributed by atoms with Gasteiger partial charge in [0.05, 0.1) is 16.7 Å². The summed E-state index contributed by atoms with van der Waals surface area (Å²) in [6, 6.07) is 21.6. The molecule has 3 nitrogen and oxygen atoms in total. The van der Waals surface area contributed by atoms with Gasteiger partial charge in [0.1, 0.15) is 11.8 Å². The van der Waals surface area contributed by atoms with Crippen molar-refractivity contribution < 1.29 is 0 Å². The van der Waals surface area contributed by atoms with Crippen LogP contribution < -0.4 is 0 Å². The van der Waals surface area contributed by atoms with Crippen LogP contribution in [0.25, 0.3) is 44.0 Å². The van der Waals surface area contributed by atoms with Crippen LogP contribution in [0.15, 0.2) is 67.0 Å². The first-order valence-corrected chi connectivity index (χ1v) is 9.36. The molecule has 0 aliphatic heterocycles. The minimum absolute atomic E-state index is 0.522. The number of fused-ring (bicyclic) bond motifs is 5. The Labute approximate surface area is 158 Å². The lowest BCUT2D eigenvalue weighted by Gasteiger charge is -2.08. The molecule has 0 unspecified atom stereocenters. The van der Waals surface area contributed by atoms with E-state index in [-0.39, 0.29) is 0 Å². The Kier molecular flexibility index (Phi) is 3.51. The predicted molar refractivity (Wildman–Crippen MR) is 113 cm³/mol. The molecule has 3 aromatic carbocycles. The van der Waals surface area contributed by atoms with E-state index in [0.717, 1.165) is 22.3 Å². The standard InChI is InChI=1S/C24H21N3/c1-15(2)16-8-10-18(11-9-16)21-24-22(26-14-25-21)20-13-12-17-6-4-5-7-19(17)23(20)27(24)3/h4-15H,1-3H3. The van der Waals surface area contributed by atoms with Crippen molar-refractivity contribution in [3.05, 3.63) is 72.6 Å². The average molecular weight is 351 g/mol. The quantitative estimate of drug-likeness (QED) is 0.387. The number of aryl methyl sites for hydroxylation is 1. The number of benzene rings is 3. The molecule has 132 valence electrons. The average Bonchev–Trinajstić information content (AvgIpc) is 3.01. The van der Waals surface area contributed by atoms with Gasteiger partial charge in [-0.05, 0) is 22.9 Å². The van der Waals surface area contributed by atoms with E-state index in [2.05, 4.69) is 96.1 Å². The minimum Gasteiger partial charge on any atom is -0.340 e. The molecule has 3 heteroatoms. The summed E-state index contributed by atoms with van der Waals surface area (Å²) in [5, 5.41) is 3.66. The van der Waals surface area contributed by atoms with Crippen LogP contribution in [-0.2, 0) is 7.05 Å². The van der Waals surface area contributed by atoms with Gasteiger partial charge in [-0.2, -0.15) is 0 Å². The van der Waals surface area contributed by atoms with Gasteiger partial charge in [0.2, 0.25) is 0 Å². The molecule has 0 spiro atoms. The fraction of sp³-hybridized carbons (Fsp3) is 0.167. The Morgan fingerprint density at radius 3 is 2.33 bits per heavy atom. The Balaban J connectivity index is 1.85. The van der Waals surface area contributed by atoms with E-state index in [1.165, 1.54) is 27.2 Å². The van der Waals surface area contributed by atoms with Crippen molar-refractivity contribution in [1.82, 2.24) is 14.5 Å². The fourth-order valence-corrected chi connectivity index (χ4v) is 4.05. The minimum atomic E-state index is 0.522. The monoisotopic (exact) mass is 351 g/mol. The van der Waals surface area contributed by atoms with E-state index in [1.54, 1.807) is 6.33 Å². The highest BCUT2D eigenvalue weighted by molar-refractivity contribution is 6.18.